The van der Waals surface area contributed by atoms with Crippen molar-refractivity contribution in [2.45, 2.75) is 0 Å². The highest BCUT2D eigenvalue weighted by molar-refractivity contribution is 6.40. The molecule has 3 aliphatic rings. The maximum absolute atomic E-state index is 6.54. The van der Waals surface area contributed by atoms with Crippen molar-refractivity contribution in [1.29, 1.82) is 0 Å². The number of rotatable bonds is 4. The van der Waals surface area contributed by atoms with E-state index < -0.39 is 0 Å². The van der Waals surface area contributed by atoms with Gasteiger partial charge in [-0.05, 0) is 108 Å². The van der Waals surface area contributed by atoms with Crippen LogP contribution in [0.1, 0.15) is 0 Å². The van der Waals surface area contributed by atoms with E-state index in [4.69, 9.17) is 9.97 Å². The molecule has 21 rings (SSSR count). The first kappa shape index (κ1) is 52.8. The molecule has 8 bridgehead atoms. The largest absolute Gasteiger partial charge is 0.353 e. The summed E-state index contributed by atoms with van der Waals surface area (Å²) in [6.45, 7) is 0. The number of aromatic nitrogens is 4. The third-order valence-corrected chi connectivity index (χ3v) is 20.8. The zero-order chi connectivity index (χ0) is 62.7. The number of H-pyrrole nitrogens is 2. The summed E-state index contributed by atoms with van der Waals surface area (Å²) >= 11 is 0. The zero-order valence-corrected chi connectivity index (χ0v) is 51.9. The van der Waals surface area contributed by atoms with Crippen LogP contribution in [0.4, 0.5) is 0 Å². The van der Waals surface area contributed by atoms with Crippen LogP contribution in [-0.2, 0) is 0 Å². The van der Waals surface area contributed by atoms with Gasteiger partial charge in [0, 0.05) is 66.1 Å². The fourth-order valence-corrected chi connectivity index (χ4v) is 17.0. The number of hydrogen-bond donors (Lipinski definition) is 2. The molecule has 0 amide bonds. The van der Waals surface area contributed by atoms with Gasteiger partial charge in [0.25, 0.3) is 0 Å². The Morgan fingerprint density at radius 3 is 0.500 bits per heavy atom. The van der Waals surface area contributed by atoms with Gasteiger partial charge in [-0.15, -0.1) is 0 Å². The molecule has 0 saturated carbocycles. The van der Waals surface area contributed by atoms with Gasteiger partial charge in [-0.1, -0.05) is 315 Å². The standard InChI is InChI=1S/C92H54N4/c1-5-29-53(30-6-1)73-85-77-65-45-21-13-37-57(65)59-39-15-23-47-67(59)79(77)87(93-85)74(54-31-7-2-8-32-54)89-81-69-49-25-17-41-61(69)63-43-19-27-51-71(63)83(81)91(95-89)76(56-35-11-4-12-36-56)92-84-72-52-28-20-44-64(72)62-42-18-26-50-70(62)82(84)90(96-92)75(55-33-9-3-10-34-55)88-80-68-48-24-16-40-60(68)58-38-14-22-46-66(58)78(80)86(73)94-88/h1-52,93,96H. The van der Waals surface area contributed by atoms with Gasteiger partial charge in [0.1, 0.15) is 0 Å². The molecule has 2 aliphatic heterocycles. The summed E-state index contributed by atoms with van der Waals surface area (Å²) in [4.78, 5) is 22.1. The molecule has 4 heterocycles. The molecule has 0 spiro atoms. The fraction of sp³-hybridized carbons (Fsp3) is 0. The van der Waals surface area contributed by atoms with Crippen LogP contribution in [0.5, 0.6) is 0 Å². The average molecular weight is 1220 g/mol. The van der Waals surface area contributed by atoms with Gasteiger partial charge in [0.2, 0.25) is 0 Å². The molecular formula is C92H54N4. The molecule has 4 heteroatoms. The number of fused-ring (bicyclic) bond motifs is 12. The van der Waals surface area contributed by atoms with Crippen molar-refractivity contribution in [2.24, 2.45) is 0 Å². The van der Waals surface area contributed by atoms with Crippen LogP contribution < -0.4 is 0 Å². The summed E-state index contributed by atoms with van der Waals surface area (Å²) in [7, 11) is 0. The highest BCUT2D eigenvalue weighted by Gasteiger charge is 2.35. The minimum atomic E-state index is 0.890. The lowest BCUT2D eigenvalue weighted by molar-refractivity contribution is 1.40. The van der Waals surface area contributed by atoms with E-state index in [-0.39, 0.29) is 0 Å². The van der Waals surface area contributed by atoms with Gasteiger partial charge in [-0.25, -0.2) is 9.97 Å². The van der Waals surface area contributed by atoms with Gasteiger partial charge in [0.15, 0.2) is 0 Å². The molecule has 0 saturated heterocycles. The molecular weight excluding hydrogens is 1160 g/mol. The monoisotopic (exact) mass is 1210 g/mol. The van der Waals surface area contributed by atoms with Crippen molar-refractivity contribution in [1.82, 2.24) is 19.9 Å². The molecule has 0 atom stereocenters. The average Bonchev–Trinajstić information content (AvgIpc) is 1.52. The summed E-state index contributed by atoms with van der Waals surface area (Å²) in [5, 5.41) is 23.0. The van der Waals surface area contributed by atoms with Crippen LogP contribution in [-0.4, -0.2) is 19.9 Å². The van der Waals surface area contributed by atoms with Crippen molar-refractivity contribution >= 4 is 130 Å². The quantitative estimate of drug-likeness (QED) is 0.173. The molecule has 0 unspecified atom stereocenters. The SMILES string of the molecule is c1ccc(-c2c3nc(c(-c4ccccc4)c4[nH]c(c(-c5ccccc5)c5nc(c(-c6ccccc6)c6[nH]c2c2c7ccccc7c7ccccc7c62)-c2c-5c5ccccc5c5ccccc25)c2c5ccccc5c5ccccc5c42)-c2c-3c3ccccc3c3ccccc23)cc1. The van der Waals surface area contributed by atoms with Gasteiger partial charge in [-0.2, -0.15) is 0 Å². The lowest BCUT2D eigenvalue weighted by Gasteiger charge is -2.15. The smallest absolute Gasteiger partial charge is 0.0822 e. The maximum Gasteiger partial charge on any atom is 0.0822 e. The Bertz CT molecular complexity index is 5970. The zero-order valence-electron chi connectivity index (χ0n) is 51.9. The van der Waals surface area contributed by atoms with Crippen LogP contribution in [0.3, 0.4) is 0 Å². The molecule has 0 fully saturated rings. The van der Waals surface area contributed by atoms with E-state index in [1.807, 2.05) is 0 Å². The van der Waals surface area contributed by atoms with Crippen LogP contribution in [0.15, 0.2) is 315 Å². The van der Waals surface area contributed by atoms with Gasteiger partial charge < -0.3 is 9.97 Å². The number of aromatic amines is 2. The van der Waals surface area contributed by atoms with E-state index in [2.05, 4.69) is 325 Å². The van der Waals surface area contributed by atoms with Gasteiger partial charge >= 0.3 is 0 Å². The predicted molar refractivity (Wildman–Crippen MR) is 407 cm³/mol. The second-order valence-corrected chi connectivity index (χ2v) is 25.7. The van der Waals surface area contributed by atoms with Crippen LogP contribution >= 0.6 is 0 Å². The van der Waals surface area contributed by atoms with Crippen molar-refractivity contribution in [3.8, 4) is 89.5 Å². The Morgan fingerprint density at radius 1 is 0.146 bits per heavy atom. The minimum absolute atomic E-state index is 0.890. The first-order chi connectivity index (χ1) is 47.7. The van der Waals surface area contributed by atoms with Crippen LogP contribution in [0, 0.1) is 0 Å². The highest BCUT2D eigenvalue weighted by atomic mass is 14.8. The topological polar surface area (TPSA) is 57.4 Å². The number of benzene rings is 16. The van der Waals surface area contributed by atoms with E-state index in [0.29, 0.717) is 0 Å². The first-order valence-electron chi connectivity index (χ1n) is 33.2. The Kier molecular flexibility index (Phi) is 11.2. The summed E-state index contributed by atoms with van der Waals surface area (Å²) < 4.78 is 0. The Hall–Kier alpha value is -12.8. The van der Waals surface area contributed by atoms with Crippen LogP contribution in [0.2, 0.25) is 0 Å². The lowest BCUT2D eigenvalue weighted by atomic mass is 9.85. The van der Waals surface area contributed by atoms with Gasteiger partial charge in [0.05, 0.1) is 44.8 Å². The second kappa shape index (κ2) is 20.4. The van der Waals surface area contributed by atoms with E-state index in [1.54, 1.807) is 0 Å². The molecule has 2 aromatic heterocycles. The lowest BCUT2D eigenvalue weighted by Crippen LogP contribution is -1.90. The summed E-state index contributed by atoms with van der Waals surface area (Å²) in [5.41, 5.74) is 20.0. The fourth-order valence-electron chi connectivity index (χ4n) is 17.0. The molecule has 4 nitrogen and oxygen atoms in total. The maximum atomic E-state index is 6.54. The van der Waals surface area contributed by atoms with E-state index in [0.717, 1.165) is 176 Å². The highest BCUT2D eigenvalue weighted by Crippen LogP contribution is 2.59. The second-order valence-electron chi connectivity index (χ2n) is 25.7. The third-order valence-electron chi connectivity index (χ3n) is 20.8. The molecule has 1 aliphatic carbocycles. The molecule has 0 radical (unpaired) electrons. The summed E-state index contributed by atoms with van der Waals surface area (Å²) in [6.07, 6.45) is 0. The van der Waals surface area contributed by atoms with E-state index >= 15 is 0 Å². The Labute approximate surface area is 551 Å². The van der Waals surface area contributed by atoms with E-state index in [1.165, 1.54) is 43.1 Å². The molecule has 96 heavy (non-hydrogen) atoms. The summed E-state index contributed by atoms with van der Waals surface area (Å²) in [5.74, 6) is 0. The minimum Gasteiger partial charge on any atom is -0.353 e. The van der Waals surface area contributed by atoms with Crippen molar-refractivity contribution in [2.75, 3.05) is 0 Å². The van der Waals surface area contributed by atoms with Crippen LogP contribution in [0.25, 0.3) is 219 Å². The number of nitrogens with zero attached hydrogens (tertiary/aromatic N) is 2. The normalized spacial score (nSPS) is 12.2. The first-order valence-corrected chi connectivity index (χ1v) is 33.2. The molecule has 16 aromatic carbocycles. The number of hydrogen-bond acceptors (Lipinski definition) is 2. The molecule has 2 N–H and O–H groups in total. The van der Waals surface area contributed by atoms with Crippen molar-refractivity contribution < 1.29 is 0 Å². The van der Waals surface area contributed by atoms with Crippen molar-refractivity contribution in [3.63, 3.8) is 0 Å². The van der Waals surface area contributed by atoms with E-state index in [9.17, 15) is 0 Å². The Morgan fingerprint density at radius 2 is 0.302 bits per heavy atom. The third kappa shape index (κ3) is 7.32. The summed E-state index contributed by atoms with van der Waals surface area (Å²) in [6, 6.07) is 117. The molecule has 18 aromatic rings. The van der Waals surface area contributed by atoms with Crippen molar-refractivity contribution in [3.05, 3.63) is 315 Å². The number of nitrogens with one attached hydrogen (secondary N) is 2. The molecule has 442 valence electrons. The Balaban J connectivity index is 1.18. The van der Waals surface area contributed by atoms with Gasteiger partial charge in [-0.3, -0.25) is 0 Å². The predicted octanol–water partition coefficient (Wildman–Crippen LogP) is 25.2.